The molecule has 3 heterocycles. The molecule has 0 unspecified atom stereocenters. The van der Waals surface area contributed by atoms with Gasteiger partial charge < -0.3 is 19.1 Å². The number of aromatic nitrogens is 1. The maximum Gasteiger partial charge on any atom is 0.253 e. The van der Waals surface area contributed by atoms with Crippen molar-refractivity contribution in [2.24, 2.45) is 0 Å². The van der Waals surface area contributed by atoms with Crippen LogP contribution in [0.3, 0.4) is 0 Å². The van der Waals surface area contributed by atoms with Crippen LogP contribution in [0.15, 0.2) is 48.8 Å². The first-order valence-corrected chi connectivity index (χ1v) is 11.5. The van der Waals surface area contributed by atoms with Gasteiger partial charge >= 0.3 is 0 Å². The van der Waals surface area contributed by atoms with E-state index in [1.54, 1.807) is 19.5 Å². The predicted molar refractivity (Wildman–Crippen MR) is 122 cm³/mol. The smallest absolute Gasteiger partial charge is 0.253 e. The largest absolute Gasteiger partial charge is 0.491 e. The van der Waals surface area contributed by atoms with Crippen molar-refractivity contribution in [2.75, 3.05) is 46.5 Å². The number of rotatable bonds is 8. The number of carbonyl (C=O) groups excluding carboxylic acids is 1. The molecule has 2 saturated heterocycles. The lowest BCUT2D eigenvalue weighted by atomic mass is 9.98. The minimum atomic E-state index is 0.108. The average molecular weight is 440 g/mol. The summed E-state index contributed by atoms with van der Waals surface area (Å²) in [6, 6.07) is 11.8. The lowest BCUT2D eigenvalue weighted by molar-refractivity contribution is 0.0425. The number of amides is 1. The third kappa shape index (κ3) is 5.99. The van der Waals surface area contributed by atoms with Crippen LogP contribution in [0.1, 0.15) is 36.0 Å². The average Bonchev–Trinajstić information content (AvgIpc) is 2.85. The van der Waals surface area contributed by atoms with Crippen molar-refractivity contribution in [1.29, 1.82) is 0 Å². The molecule has 172 valence electrons. The summed E-state index contributed by atoms with van der Waals surface area (Å²) >= 11 is 0. The van der Waals surface area contributed by atoms with Gasteiger partial charge in [-0.15, -0.1) is 0 Å². The molecule has 2 aromatic rings. The molecule has 7 nitrogen and oxygen atoms in total. The van der Waals surface area contributed by atoms with E-state index in [2.05, 4.69) is 9.88 Å². The highest BCUT2D eigenvalue weighted by Crippen LogP contribution is 2.24. The van der Waals surface area contributed by atoms with Gasteiger partial charge in [0, 0.05) is 57.3 Å². The summed E-state index contributed by atoms with van der Waals surface area (Å²) in [6.07, 6.45) is 7.95. The zero-order chi connectivity index (χ0) is 22.2. The summed E-state index contributed by atoms with van der Waals surface area (Å²) < 4.78 is 16.7. The highest BCUT2D eigenvalue weighted by atomic mass is 16.5. The summed E-state index contributed by atoms with van der Waals surface area (Å²) in [4.78, 5) is 21.5. The van der Waals surface area contributed by atoms with E-state index in [0.29, 0.717) is 19.3 Å². The van der Waals surface area contributed by atoms with E-state index in [0.717, 1.165) is 68.9 Å². The number of hydrogen-bond donors (Lipinski definition) is 0. The fraction of sp³-hybridized carbons (Fsp3) is 0.520. The van der Waals surface area contributed by atoms with E-state index < -0.39 is 0 Å². The van der Waals surface area contributed by atoms with Crippen molar-refractivity contribution in [2.45, 2.75) is 37.8 Å². The zero-order valence-electron chi connectivity index (χ0n) is 18.8. The topological polar surface area (TPSA) is 64.1 Å². The van der Waals surface area contributed by atoms with Gasteiger partial charge in [-0.25, -0.2) is 0 Å². The SMILES string of the molecule is COCCOc1ccc(C(=O)N2CCC(N3CCC(Oc4ccncc4)CC3)CC2)cc1. The van der Waals surface area contributed by atoms with Crippen LogP contribution >= 0.6 is 0 Å². The summed E-state index contributed by atoms with van der Waals surface area (Å²) in [5, 5.41) is 0. The molecule has 0 bridgehead atoms. The number of piperidine rings is 2. The van der Waals surface area contributed by atoms with Crippen molar-refractivity contribution in [1.82, 2.24) is 14.8 Å². The molecule has 32 heavy (non-hydrogen) atoms. The van der Waals surface area contributed by atoms with Crippen LogP contribution in [0, 0.1) is 0 Å². The van der Waals surface area contributed by atoms with Crippen molar-refractivity contribution in [3.05, 3.63) is 54.4 Å². The molecular formula is C25H33N3O4. The first-order valence-electron chi connectivity index (χ1n) is 11.5. The van der Waals surface area contributed by atoms with Crippen LogP contribution in [0.2, 0.25) is 0 Å². The number of likely N-dealkylation sites (tertiary alicyclic amines) is 2. The third-order valence-electron chi connectivity index (χ3n) is 6.35. The van der Waals surface area contributed by atoms with Crippen LogP contribution in [0.4, 0.5) is 0 Å². The molecule has 1 amide bonds. The molecule has 2 aliphatic rings. The second-order valence-electron chi connectivity index (χ2n) is 8.43. The van der Waals surface area contributed by atoms with Crippen molar-refractivity contribution in [3.63, 3.8) is 0 Å². The van der Waals surface area contributed by atoms with E-state index >= 15 is 0 Å². The number of pyridine rings is 1. The Labute approximate surface area is 190 Å². The van der Waals surface area contributed by atoms with E-state index in [1.165, 1.54) is 0 Å². The fourth-order valence-electron chi connectivity index (χ4n) is 4.52. The second kappa shape index (κ2) is 11.3. The van der Waals surface area contributed by atoms with Gasteiger partial charge in [0.15, 0.2) is 0 Å². The van der Waals surface area contributed by atoms with E-state index in [9.17, 15) is 4.79 Å². The maximum atomic E-state index is 12.9. The van der Waals surface area contributed by atoms with E-state index in [-0.39, 0.29) is 12.0 Å². The summed E-state index contributed by atoms with van der Waals surface area (Å²) in [7, 11) is 1.65. The summed E-state index contributed by atoms with van der Waals surface area (Å²) in [5.41, 5.74) is 0.719. The standard InChI is InChI=1S/C25H33N3O4/c1-30-18-19-31-22-4-2-20(3-5-22)25(29)28-14-8-21(9-15-28)27-16-10-24(11-17-27)32-23-6-12-26-13-7-23/h2-7,12-13,21,24H,8-11,14-19H2,1H3. The van der Waals surface area contributed by atoms with Crippen molar-refractivity contribution < 1.29 is 19.0 Å². The molecule has 0 saturated carbocycles. The number of nitrogens with zero attached hydrogens (tertiary/aromatic N) is 3. The first kappa shape index (κ1) is 22.6. The normalized spacial score (nSPS) is 18.5. The Hall–Kier alpha value is -2.64. The molecule has 0 radical (unpaired) electrons. The van der Waals surface area contributed by atoms with Gasteiger partial charge in [0.25, 0.3) is 5.91 Å². The van der Waals surface area contributed by atoms with Crippen LogP contribution in [0.5, 0.6) is 11.5 Å². The fourth-order valence-corrected chi connectivity index (χ4v) is 4.52. The van der Waals surface area contributed by atoms with Crippen LogP contribution in [0.25, 0.3) is 0 Å². The summed E-state index contributed by atoms with van der Waals surface area (Å²) in [6.45, 7) is 4.78. The van der Waals surface area contributed by atoms with Gasteiger partial charge in [0.2, 0.25) is 0 Å². The number of ether oxygens (including phenoxy) is 3. The molecule has 7 heteroatoms. The Balaban J connectivity index is 1.20. The molecule has 0 aliphatic carbocycles. The van der Waals surface area contributed by atoms with Gasteiger partial charge in [-0.05, 0) is 62.1 Å². The minimum Gasteiger partial charge on any atom is -0.491 e. The quantitative estimate of drug-likeness (QED) is 0.589. The monoisotopic (exact) mass is 439 g/mol. The number of benzene rings is 1. The van der Waals surface area contributed by atoms with Crippen molar-refractivity contribution >= 4 is 5.91 Å². The van der Waals surface area contributed by atoms with Crippen LogP contribution in [-0.2, 0) is 4.74 Å². The number of carbonyl (C=O) groups is 1. The Morgan fingerprint density at radius 1 is 0.906 bits per heavy atom. The number of hydrogen-bond acceptors (Lipinski definition) is 6. The van der Waals surface area contributed by atoms with Crippen molar-refractivity contribution in [3.8, 4) is 11.5 Å². The van der Waals surface area contributed by atoms with Gasteiger partial charge in [0.1, 0.15) is 24.2 Å². The molecule has 2 fully saturated rings. The molecule has 0 N–H and O–H groups in total. The Kier molecular flexibility index (Phi) is 7.96. The van der Waals surface area contributed by atoms with Gasteiger partial charge in [-0.3, -0.25) is 14.7 Å². The molecule has 0 spiro atoms. The summed E-state index contributed by atoms with van der Waals surface area (Å²) in [5.74, 6) is 1.77. The van der Waals surface area contributed by atoms with E-state index in [1.807, 2.05) is 41.3 Å². The number of methoxy groups -OCH3 is 1. The van der Waals surface area contributed by atoms with Gasteiger partial charge in [-0.2, -0.15) is 0 Å². The van der Waals surface area contributed by atoms with Gasteiger partial charge in [-0.1, -0.05) is 0 Å². The zero-order valence-corrected chi connectivity index (χ0v) is 18.8. The van der Waals surface area contributed by atoms with Gasteiger partial charge in [0.05, 0.1) is 6.61 Å². The Morgan fingerprint density at radius 3 is 2.25 bits per heavy atom. The molecule has 0 atom stereocenters. The van der Waals surface area contributed by atoms with Crippen LogP contribution in [-0.4, -0.2) is 79.3 Å². The third-order valence-corrected chi connectivity index (χ3v) is 6.35. The molecular weight excluding hydrogens is 406 g/mol. The Bertz CT molecular complexity index is 830. The molecule has 1 aromatic heterocycles. The Morgan fingerprint density at radius 2 is 1.59 bits per heavy atom. The molecule has 2 aliphatic heterocycles. The van der Waals surface area contributed by atoms with Crippen LogP contribution < -0.4 is 9.47 Å². The van der Waals surface area contributed by atoms with E-state index in [4.69, 9.17) is 14.2 Å². The lowest BCUT2D eigenvalue weighted by Crippen LogP contribution is -2.50. The molecule has 1 aromatic carbocycles. The molecule has 4 rings (SSSR count). The minimum absolute atomic E-state index is 0.108. The highest BCUT2D eigenvalue weighted by Gasteiger charge is 2.30. The predicted octanol–water partition coefficient (Wildman–Crippen LogP) is 3.25. The second-order valence-corrected chi connectivity index (χ2v) is 8.43. The highest BCUT2D eigenvalue weighted by molar-refractivity contribution is 5.94. The maximum absolute atomic E-state index is 12.9. The first-order chi connectivity index (χ1) is 15.7. The lowest BCUT2D eigenvalue weighted by Gasteiger charge is -2.41.